The number of hydrogen-bond donors (Lipinski definition) is 0. The van der Waals surface area contributed by atoms with Crippen molar-refractivity contribution in [2.45, 2.75) is 13.0 Å². The highest BCUT2D eigenvalue weighted by Gasteiger charge is 2.51. The van der Waals surface area contributed by atoms with E-state index >= 15 is 0 Å². The summed E-state index contributed by atoms with van der Waals surface area (Å²) in [5.74, 6) is -3.49. The molecule has 1 aliphatic heterocycles. The normalized spacial score (nSPS) is 19.5. The molecule has 0 amide bonds. The van der Waals surface area contributed by atoms with E-state index in [0.29, 0.717) is 5.69 Å². The van der Waals surface area contributed by atoms with Crippen molar-refractivity contribution in [2.75, 3.05) is 25.8 Å². The Morgan fingerprint density at radius 1 is 1.08 bits per heavy atom. The Morgan fingerprint density at radius 2 is 1.71 bits per heavy atom. The molecular weight excluding hydrogens is 316 g/mol. The molecule has 0 spiro atoms. The quantitative estimate of drug-likeness (QED) is 0.579. The van der Waals surface area contributed by atoms with Gasteiger partial charge in [0.2, 0.25) is 0 Å². The maximum Gasteiger partial charge on any atom is 0.355 e. The number of ether oxygens (including phenoxy) is 3. The number of carbonyl (C=O) groups is 3. The van der Waals surface area contributed by atoms with Crippen LogP contribution in [0.5, 0.6) is 0 Å². The lowest BCUT2D eigenvalue weighted by Gasteiger charge is -2.24. The Labute approximate surface area is 139 Å². The van der Waals surface area contributed by atoms with Gasteiger partial charge < -0.3 is 14.2 Å². The summed E-state index contributed by atoms with van der Waals surface area (Å²) in [4.78, 5) is 36.6. The highest BCUT2D eigenvalue weighted by molar-refractivity contribution is 6.42. The van der Waals surface area contributed by atoms with E-state index in [9.17, 15) is 14.4 Å². The summed E-state index contributed by atoms with van der Waals surface area (Å²) >= 11 is 0. The fraction of sp³-hybridized carbons (Fsp3) is 0.375. The molecule has 0 N–H and O–H groups in total. The van der Waals surface area contributed by atoms with Gasteiger partial charge in [-0.2, -0.15) is 5.10 Å². The van der Waals surface area contributed by atoms with Crippen LogP contribution in [0.15, 0.2) is 35.4 Å². The molecule has 0 fully saturated rings. The van der Waals surface area contributed by atoms with Crippen molar-refractivity contribution in [2.24, 2.45) is 11.0 Å². The number of benzene rings is 1. The SMILES string of the molecule is CCOC(=O)C1=NN(c2ccccc2)[C@@H](C(=O)OC)[C@H]1C(=O)OC. The molecule has 0 radical (unpaired) electrons. The van der Waals surface area contributed by atoms with Crippen molar-refractivity contribution in [1.29, 1.82) is 0 Å². The molecule has 0 saturated carbocycles. The van der Waals surface area contributed by atoms with Crippen molar-refractivity contribution in [1.82, 2.24) is 0 Å². The summed E-state index contributed by atoms with van der Waals surface area (Å²) < 4.78 is 14.5. The number of esters is 3. The van der Waals surface area contributed by atoms with E-state index in [1.54, 1.807) is 37.3 Å². The predicted molar refractivity (Wildman–Crippen MR) is 84.3 cm³/mol. The molecule has 0 aromatic heterocycles. The smallest absolute Gasteiger partial charge is 0.355 e. The first-order valence-electron chi connectivity index (χ1n) is 7.30. The molecular formula is C16H18N2O6. The highest BCUT2D eigenvalue weighted by atomic mass is 16.5. The van der Waals surface area contributed by atoms with Crippen molar-refractivity contribution in [3.63, 3.8) is 0 Å². The lowest BCUT2D eigenvalue weighted by molar-refractivity contribution is -0.151. The second-order valence-electron chi connectivity index (χ2n) is 4.85. The number of methoxy groups -OCH3 is 2. The van der Waals surface area contributed by atoms with Crippen LogP contribution in [0.25, 0.3) is 0 Å². The number of hydrogen-bond acceptors (Lipinski definition) is 8. The molecule has 8 nitrogen and oxygen atoms in total. The van der Waals surface area contributed by atoms with E-state index in [1.807, 2.05) is 0 Å². The number of rotatable bonds is 5. The summed E-state index contributed by atoms with van der Waals surface area (Å²) in [5, 5.41) is 5.43. The van der Waals surface area contributed by atoms with Gasteiger partial charge in [-0.1, -0.05) is 18.2 Å². The minimum absolute atomic E-state index is 0.111. The van der Waals surface area contributed by atoms with Crippen LogP contribution in [0.3, 0.4) is 0 Å². The van der Waals surface area contributed by atoms with E-state index < -0.39 is 29.9 Å². The van der Waals surface area contributed by atoms with Gasteiger partial charge in [-0.25, -0.2) is 14.6 Å². The van der Waals surface area contributed by atoms with Crippen LogP contribution in [0.1, 0.15) is 6.92 Å². The zero-order valence-electron chi connectivity index (χ0n) is 13.6. The topological polar surface area (TPSA) is 94.5 Å². The van der Waals surface area contributed by atoms with Crippen LogP contribution in [0.2, 0.25) is 0 Å². The first kappa shape index (κ1) is 17.5. The van der Waals surface area contributed by atoms with Gasteiger partial charge in [-0.05, 0) is 19.1 Å². The fourth-order valence-electron chi connectivity index (χ4n) is 2.43. The molecule has 2 rings (SSSR count). The number of nitrogens with zero attached hydrogens (tertiary/aromatic N) is 2. The van der Waals surface area contributed by atoms with Crippen molar-refractivity contribution in [3.8, 4) is 0 Å². The van der Waals surface area contributed by atoms with E-state index in [2.05, 4.69) is 5.10 Å². The first-order chi connectivity index (χ1) is 11.5. The highest BCUT2D eigenvalue weighted by Crippen LogP contribution is 2.30. The van der Waals surface area contributed by atoms with Gasteiger partial charge >= 0.3 is 17.9 Å². The van der Waals surface area contributed by atoms with Gasteiger partial charge in [-0.3, -0.25) is 4.79 Å². The van der Waals surface area contributed by atoms with Crippen molar-refractivity contribution in [3.05, 3.63) is 30.3 Å². The molecule has 24 heavy (non-hydrogen) atoms. The second kappa shape index (κ2) is 7.58. The summed E-state index contributed by atoms with van der Waals surface area (Å²) in [6.07, 6.45) is 0. The van der Waals surface area contributed by atoms with Crippen LogP contribution in [0.4, 0.5) is 5.69 Å². The molecule has 0 unspecified atom stereocenters. The van der Waals surface area contributed by atoms with Crippen LogP contribution in [0, 0.1) is 5.92 Å². The molecule has 0 saturated heterocycles. The molecule has 128 valence electrons. The molecule has 0 aliphatic carbocycles. The largest absolute Gasteiger partial charge is 0.468 e. The molecule has 1 aromatic rings. The Hall–Kier alpha value is -2.90. The fourth-order valence-corrected chi connectivity index (χ4v) is 2.43. The van der Waals surface area contributed by atoms with E-state index in [-0.39, 0.29) is 12.3 Å². The van der Waals surface area contributed by atoms with Crippen LogP contribution < -0.4 is 5.01 Å². The van der Waals surface area contributed by atoms with Gasteiger partial charge in [0, 0.05) is 0 Å². The van der Waals surface area contributed by atoms with Crippen LogP contribution in [-0.4, -0.2) is 50.5 Å². The molecule has 1 heterocycles. The maximum absolute atomic E-state index is 12.3. The van der Waals surface area contributed by atoms with Gasteiger partial charge in [0.25, 0.3) is 0 Å². The Morgan fingerprint density at radius 3 is 2.25 bits per heavy atom. The van der Waals surface area contributed by atoms with E-state index in [0.717, 1.165) is 0 Å². The molecule has 8 heteroatoms. The van der Waals surface area contributed by atoms with Crippen molar-refractivity contribution < 1.29 is 28.6 Å². The minimum Gasteiger partial charge on any atom is -0.468 e. The standard InChI is InChI=1S/C16H18N2O6/c1-4-24-15(20)12-11(14(19)22-2)13(16(21)23-3)18(17-12)10-8-6-5-7-9-10/h5-9,11,13H,4H2,1-3H3/t11-,13+/m0/s1. The summed E-state index contributed by atoms with van der Waals surface area (Å²) in [5.41, 5.74) is 0.337. The van der Waals surface area contributed by atoms with Gasteiger partial charge in [0.05, 0.1) is 26.5 Å². The number of anilines is 1. The van der Waals surface area contributed by atoms with E-state index in [4.69, 9.17) is 14.2 Å². The number of hydrazone groups is 1. The van der Waals surface area contributed by atoms with E-state index in [1.165, 1.54) is 19.2 Å². The third kappa shape index (κ3) is 3.22. The van der Waals surface area contributed by atoms with Gasteiger partial charge in [0.1, 0.15) is 5.92 Å². The summed E-state index contributed by atoms with van der Waals surface area (Å²) in [6.45, 7) is 1.74. The lowest BCUT2D eigenvalue weighted by Crippen LogP contribution is -2.46. The molecule has 1 aromatic carbocycles. The lowest BCUT2D eigenvalue weighted by atomic mass is 9.95. The van der Waals surface area contributed by atoms with Gasteiger partial charge in [-0.15, -0.1) is 0 Å². The monoisotopic (exact) mass is 334 g/mol. The second-order valence-corrected chi connectivity index (χ2v) is 4.85. The Kier molecular flexibility index (Phi) is 5.51. The van der Waals surface area contributed by atoms with Gasteiger partial charge in [0.15, 0.2) is 11.8 Å². The average molecular weight is 334 g/mol. The average Bonchev–Trinajstić information content (AvgIpc) is 3.02. The molecule has 1 aliphatic rings. The maximum atomic E-state index is 12.3. The first-order valence-corrected chi connectivity index (χ1v) is 7.30. The predicted octanol–water partition coefficient (Wildman–Crippen LogP) is 0.756. The minimum atomic E-state index is -1.23. The zero-order chi connectivity index (χ0) is 17.7. The van der Waals surface area contributed by atoms with Crippen LogP contribution >= 0.6 is 0 Å². The summed E-state index contributed by atoms with van der Waals surface area (Å²) in [7, 11) is 2.37. The van der Waals surface area contributed by atoms with Crippen LogP contribution in [-0.2, 0) is 28.6 Å². The van der Waals surface area contributed by atoms with Crippen molar-refractivity contribution >= 4 is 29.3 Å². The summed E-state index contributed by atoms with van der Waals surface area (Å²) in [6, 6.07) is 7.53. The Balaban J connectivity index is 2.52. The zero-order valence-corrected chi connectivity index (χ0v) is 13.6. The third-order valence-corrected chi connectivity index (χ3v) is 3.49. The molecule has 0 bridgehead atoms. The third-order valence-electron chi connectivity index (χ3n) is 3.49. The number of carbonyl (C=O) groups excluding carboxylic acids is 3. The molecule has 2 atom stereocenters. The number of para-hydroxylation sites is 1. The Bertz CT molecular complexity index is 658.